The third-order valence-electron chi connectivity index (χ3n) is 4.07. The molecule has 0 saturated carbocycles. The number of sulfonamides is 1. The van der Waals surface area contributed by atoms with Crippen molar-refractivity contribution in [2.24, 2.45) is 0 Å². The van der Waals surface area contributed by atoms with Crippen molar-refractivity contribution in [3.05, 3.63) is 24.3 Å². The summed E-state index contributed by atoms with van der Waals surface area (Å²) in [6.45, 7) is 6.98. The first-order chi connectivity index (χ1) is 12.3. The molecule has 1 heterocycles. The number of amides is 1. The molecule has 7 nitrogen and oxygen atoms in total. The first kappa shape index (κ1) is 20.7. The van der Waals surface area contributed by atoms with E-state index in [0.717, 1.165) is 19.4 Å². The van der Waals surface area contributed by atoms with Gasteiger partial charge in [-0.2, -0.15) is 0 Å². The SMILES string of the molecule is CC(=O)N(CCNS(=O)(=O)c1ccc(OC(C)C)cc1)CC1CCCO1. The maximum atomic E-state index is 12.4. The summed E-state index contributed by atoms with van der Waals surface area (Å²) in [4.78, 5) is 13.6. The molecule has 1 N–H and O–H groups in total. The lowest BCUT2D eigenvalue weighted by molar-refractivity contribution is -0.130. The van der Waals surface area contributed by atoms with Gasteiger partial charge in [-0.1, -0.05) is 0 Å². The van der Waals surface area contributed by atoms with E-state index < -0.39 is 10.0 Å². The van der Waals surface area contributed by atoms with Crippen LogP contribution in [0.15, 0.2) is 29.2 Å². The Hall–Kier alpha value is -1.64. The van der Waals surface area contributed by atoms with Crippen LogP contribution < -0.4 is 9.46 Å². The molecule has 8 heteroatoms. The standard InChI is InChI=1S/C18H28N2O5S/c1-14(2)25-16-6-8-18(9-7-16)26(22,23)19-10-11-20(15(3)21)13-17-5-4-12-24-17/h6-9,14,17,19H,4-5,10-13H2,1-3H3. The number of hydrogen-bond donors (Lipinski definition) is 1. The fourth-order valence-corrected chi connectivity index (χ4v) is 3.80. The predicted octanol–water partition coefficient (Wildman–Crippen LogP) is 1.78. The van der Waals surface area contributed by atoms with E-state index in [1.54, 1.807) is 17.0 Å². The molecular weight excluding hydrogens is 356 g/mol. The number of nitrogens with zero attached hydrogens (tertiary/aromatic N) is 1. The highest BCUT2D eigenvalue weighted by Gasteiger charge is 2.21. The van der Waals surface area contributed by atoms with Gasteiger partial charge in [-0.25, -0.2) is 13.1 Å². The van der Waals surface area contributed by atoms with Crippen LogP contribution in [0.5, 0.6) is 5.75 Å². The number of hydrogen-bond acceptors (Lipinski definition) is 5. The summed E-state index contributed by atoms with van der Waals surface area (Å²) in [6.07, 6.45) is 2.00. The highest BCUT2D eigenvalue weighted by atomic mass is 32.2. The molecule has 0 bridgehead atoms. The molecule has 0 aromatic heterocycles. The highest BCUT2D eigenvalue weighted by Crippen LogP contribution is 2.17. The Morgan fingerprint density at radius 2 is 2.04 bits per heavy atom. The zero-order valence-electron chi connectivity index (χ0n) is 15.6. The van der Waals surface area contributed by atoms with Crippen molar-refractivity contribution in [1.29, 1.82) is 0 Å². The van der Waals surface area contributed by atoms with Crippen LogP contribution in [0.2, 0.25) is 0 Å². The zero-order chi connectivity index (χ0) is 19.2. The van der Waals surface area contributed by atoms with Gasteiger partial charge in [0, 0.05) is 33.2 Å². The first-order valence-corrected chi connectivity index (χ1v) is 10.4. The molecule has 146 valence electrons. The van der Waals surface area contributed by atoms with Gasteiger partial charge in [-0.15, -0.1) is 0 Å². The van der Waals surface area contributed by atoms with Crippen molar-refractivity contribution in [2.45, 2.75) is 50.7 Å². The lowest BCUT2D eigenvalue weighted by Gasteiger charge is -2.24. The second kappa shape index (κ2) is 9.34. The minimum Gasteiger partial charge on any atom is -0.491 e. The average Bonchev–Trinajstić information content (AvgIpc) is 3.06. The van der Waals surface area contributed by atoms with E-state index in [2.05, 4.69) is 4.72 Å². The Balaban J connectivity index is 1.88. The average molecular weight is 384 g/mol. The quantitative estimate of drug-likeness (QED) is 0.701. The Morgan fingerprint density at radius 3 is 2.58 bits per heavy atom. The van der Waals surface area contributed by atoms with Gasteiger partial charge in [-0.05, 0) is 51.0 Å². The molecule has 1 fully saturated rings. The Morgan fingerprint density at radius 1 is 1.35 bits per heavy atom. The lowest BCUT2D eigenvalue weighted by Crippen LogP contribution is -2.41. The van der Waals surface area contributed by atoms with Gasteiger partial charge in [0.2, 0.25) is 15.9 Å². The molecular formula is C18H28N2O5S. The smallest absolute Gasteiger partial charge is 0.240 e. The van der Waals surface area contributed by atoms with E-state index in [9.17, 15) is 13.2 Å². The van der Waals surface area contributed by atoms with Gasteiger partial charge in [0.05, 0.1) is 17.1 Å². The molecule has 1 saturated heterocycles. The fraction of sp³-hybridized carbons (Fsp3) is 0.611. The van der Waals surface area contributed by atoms with Crippen molar-refractivity contribution >= 4 is 15.9 Å². The molecule has 2 rings (SSSR count). The molecule has 1 aliphatic heterocycles. The maximum Gasteiger partial charge on any atom is 0.240 e. The summed E-state index contributed by atoms with van der Waals surface area (Å²) >= 11 is 0. The number of benzene rings is 1. The molecule has 1 unspecified atom stereocenters. The number of rotatable bonds is 9. The van der Waals surface area contributed by atoms with Crippen LogP contribution in [0, 0.1) is 0 Å². The zero-order valence-corrected chi connectivity index (χ0v) is 16.4. The number of carbonyl (C=O) groups is 1. The minimum atomic E-state index is -3.63. The Bertz CT molecular complexity index is 682. The van der Waals surface area contributed by atoms with Gasteiger partial charge in [0.1, 0.15) is 5.75 Å². The second-order valence-electron chi connectivity index (χ2n) is 6.64. The van der Waals surface area contributed by atoms with Crippen molar-refractivity contribution in [2.75, 3.05) is 26.2 Å². The normalized spacial score (nSPS) is 17.5. The Kier molecular flexibility index (Phi) is 7.43. The van der Waals surface area contributed by atoms with Crippen molar-refractivity contribution in [3.8, 4) is 5.75 Å². The summed E-state index contributed by atoms with van der Waals surface area (Å²) in [7, 11) is -3.63. The van der Waals surface area contributed by atoms with Gasteiger partial charge >= 0.3 is 0 Å². The Labute approximate surface area is 155 Å². The third kappa shape index (κ3) is 6.26. The molecule has 1 aromatic rings. The van der Waals surface area contributed by atoms with E-state index >= 15 is 0 Å². The molecule has 1 atom stereocenters. The monoisotopic (exact) mass is 384 g/mol. The highest BCUT2D eigenvalue weighted by molar-refractivity contribution is 7.89. The van der Waals surface area contributed by atoms with Crippen LogP contribution in [0.1, 0.15) is 33.6 Å². The summed E-state index contributed by atoms with van der Waals surface area (Å²) in [5, 5.41) is 0. The van der Waals surface area contributed by atoms with Crippen molar-refractivity contribution in [3.63, 3.8) is 0 Å². The van der Waals surface area contributed by atoms with E-state index in [4.69, 9.17) is 9.47 Å². The van der Waals surface area contributed by atoms with E-state index in [1.807, 2.05) is 13.8 Å². The number of carbonyl (C=O) groups excluding carboxylic acids is 1. The summed E-state index contributed by atoms with van der Waals surface area (Å²) in [5.41, 5.74) is 0. The molecule has 0 spiro atoms. The molecule has 1 amide bonds. The van der Waals surface area contributed by atoms with E-state index in [-0.39, 0.29) is 29.6 Å². The van der Waals surface area contributed by atoms with Crippen LogP contribution in [-0.4, -0.2) is 57.7 Å². The van der Waals surface area contributed by atoms with Crippen LogP contribution in [-0.2, 0) is 19.6 Å². The van der Waals surface area contributed by atoms with Crippen LogP contribution >= 0.6 is 0 Å². The summed E-state index contributed by atoms with van der Waals surface area (Å²) in [5.74, 6) is 0.535. The summed E-state index contributed by atoms with van der Waals surface area (Å²) in [6, 6.07) is 6.28. The van der Waals surface area contributed by atoms with E-state index in [0.29, 0.717) is 18.8 Å². The number of ether oxygens (including phenoxy) is 2. The predicted molar refractivity (Wildman–Crippen MR) is 98.6 cm³/mol. The molecule has 0 aliphatic carbocycles. The van der Waals surface area contributed by atoms with Crippen molar-refractivity contribution < 1.29 is 22.7 Å². The minimum absolute atomic E-state index is 0.0250. The molecule has 0 radical (unpaired) electrons. The van der Waals surface area contributed by atoms with Gasteiger partial charge < -0.3 is 14.4 Å². The number of nitrogens with one attached hydrogen (secondary N) is 1. The topological polar surface area (TPSA) is 84.9 Å². The van der Waals surface area contributed by atoms with Crippen LogP contribution in [0.3, 0.4) is 0 Å². The van der Waals surface area contributed by atoms with E-state index in [1.165, 1.54) is 19.1 Å². The first-order valence-electron chi connectivity index (χ1n) is 8.91. The van der Waals surface area contributed by atoms with Gasteiger partial charge in [0.25, 0.3) is 0 Å². The van der Waals surface area contributed by atoms with Gasteiger partial charge in [0.15, 0.2) is 0 Å². The molecule has 1 aliphatic rings. The van der Waals surface area contributed by atoms with Crippen LogP contribution in [0.4, 0.5) is 0 Å². The third-order valence-corrected chi connectivity index (χ3v) is 5.55. The maximum absolute atomic E-state index is 12.4. The molecule has 1 aromatic carbocycles. The largest absolute Gasteiger partial charge is 0.491 e. The molecule has 26 heavy (non-hydrogen) atoms. The fourth-order valence-electron chi connectivity index (χ4n) is 2.78. The summed E-state index contributed by atoms with van der Waals surface area (Å²) < 4.78 is 38.4. The lowest BCUT2D eigenvalue weighted by atomic mass is 10.2. The van der Waals surface area contributed by atoms with Gasteiger partial charge in [-0.3, -0.25) is 4.79 Å². The van der Waals surface area contributed by atoms with Crippen molar-refractivity contribution in [1.82, 2.24) is 9.62 Å². The second-order valence-corrected chi connectivity index (χ2v) is 8.40. The van der Waals surface area contributed by atoms with Crippen LogP contribution in [0.25, 0.3) is 0 Å².